The van der Waals surface area contributed by atoms with E-state index in [9.17, 15) is 8.42 Å². The smallest absolute Gasteiger partial charge is 0.236 e. The summed E-state index contributed by atoms with van der Waals surface area (Å²) in [7, 11) is -2.44. The third-order valence-corrected chi connectivity index (χ3v) is 5.76. The molecule has 0 atom stereocenters. The van der Waals surface area contributed by atoms with Crippen molar-refractivity contribution in [1.82, 2.24) is 34.7 Å². The van der Waals surface area contributed by atoms with E-state index in [0.717, 1.165) is 24.1 Å². The molecule has 0 radical (unpaired) electrons. The molecule has 0 bridgehead atoms. The second kappa shape index (κ2) is 7.39. The van der Waals surface area contributed by atoms with Crippen LogP contribution in [-0.4, -0.2) is 69.0 Å². The van der Waals surface area contributed by atoms with Gasteiger partial charge in [0.05, 0.1) is 17.6 Å². The molecule has 9 nitrogen and oxygen atoms in total. The first-order chi connectivity index (χ1) is 14.2. The number of hydrogen-bond donors (Lipinski definition) is 2. The molecule has 1 fully saturated rings. The van der Waals surface area contributed by atoms with Crippen LogP contribution in [0.3, 0.4) is 0 Å². The molecule has 29 heavy (non-hydrogen) atoms. The van der Waals surface area contributed by atoms with Gasteiger partial charge in [0.15, 0.2) is 16.5 Å². The summed E-state index contributed by atoms with van der Waals surface area (Å²) in [5.41, 5.74) is 3.07. The van der Waals surface area contributed by atoms with Crippen LogP contribution < -0.4 is 5.32 Å². The van der Waals surface area contributed by atoms with E-state index >= 15 is 0 Å². The van der Waals surface area contributed by atoms with Gasteiger partial charge in [-0.05, 0) is 24.3 Å². The van der Waals surface area contributed by atoms with Gasteiger partial charge < -0.3 is 10.3 Å². The van der Waals surface area contributed by atoms with Gasteiger partial charge in [0.2, 0.25) is 10.3 Å². The summed E-state index contributed by atoms with van der Waals surface area (Å²) in [6.07, 6.45) is 1.68. The maximum absolute atomic E-state index is 12.2. The van der Waals surface area contributed by atoms with Crippen LogP contribution in [0.5, 0.6) is 0 Å². The lowest BCUT2D eigenvalue weighted by molar-refractivity contribution is 0.360. The topological polar surface area (TPSA) is 109 Å². The molecule has 1 saturated heterocycles. The van der Waals surface area contributed by atoms with Crippen LogP contribution in [0.15, 0.2) is 42.6 Å². The number of para-hydroxylation sites is 2. The van der Waals surface area contributed by atoms with Crippen LogP contribution in [0.2, 0.25) is 0 Å². The predicted octanol–water partition coefficient (Wildman–Crippen LogP) is 0.618. The zero-order valence-corrected chi connectivity index (χ0v) is 16.4. The van der Waals surface area contributed by atoms with Crippen LogP contribution in [0.1, 0.15) is 11.6 Å². The van der Waals surface area contributed by atoms with Crippen molar-refractivity contribution >= 4 is 37.5 Å². The minimum absolute atomic E-state index is 0.195. The fourth-order valence-corrected chi connectivity index (χ4v) is 4.39. The molecule has 1 aliphatic heterocycles. The number of nitrogens with zero attached hydrogens (tertiary/aromatic N) is 5. The number of benzene rings is 1. The molecule has 0 aliphatic carbocycles. The summed E-state index contributed by atoms with van der Waals surface area (Å²) >= 11 is 0. The molecule has 5 rings (SSSR count). The minimum atomic E-state index is -2.44. The number of imidazole rings is 2. The standard InChI is InChI=1S/C19H19N7O2S/c27-29(28)19(25-10-8-20-9-11-25)18-24-15-6-3-7-21-17(15)26(18)12-16-22-13-4-1-2-5-14(13)23-16/h1-7,20H,8-12H2,(H,22,23). The van der Waals surface area contributed by atoms with E-state index in [1.807, 2.05) is 39.8 Å². The number of aromatic amines is 1. The van der Waals surface area contributed by atoms with Crippen molar-refractivity contribution in [2.45, 2.75) is 6.54 Å². The molecule has 0 spiro atoms. The molecule has 1 aromatic carbocycles. The van der Waals surface area contributed by atoms with Crippen molar-refractivity contribution in [2.75, 3.05) is 26.2 Å². The summed E-state index contributed by atoms with van der Waals surface area (Å²) in [6, 6.07) is 11.4. The molecule has 0 saturated carbocycles. The van der Waals surface area contributed by atoms with E-state index in [4.69, 9.17) is 0 Å². The van der Waals surface area contributed by atoms with E-state index in [2.05, 4.69) is 25.3 Å². The first kappa shape index (κ1) is 18.0. The lowest BCUT2D eigenvalue weighted by atomic mass is 10.3. The van der Waals surface area contributed by atoms with Crippen LogP contribution in [0.25, 0.3) is 22.2 Å². The highest BCUT2D eigenvalue weighted by Gasteiger charge is 2.25. The van der Waals surface area contributed by atoms with Gasteiger partial charge in [0.25, 0.3) is 0 Å². The molecule has 1 aliphatic rings. The molecule has 2 N–H and O–H groups in total. The van der Waals surface area contributed by atoms with Gasteiger partial charge in [0, 0.05) is 32.4 Å². The molecule has 148 valence electrons. The van der Waals surface area contributed by atoms with Crippen molar-refractivity contribution in [2.24, 2.45) is 0 Å². The van der Waals surface area contributed by atoms with Crippen LogP contribution in [0, 0.1) is 0 Å². The Bertz CT molecular complexity index is 1290. The van der Waals surface area contributed by atoms with Gasteiger partial charge >= 0.3 is 0 Å². The van der Waals surface area contributed by atoms with E-state index in [-0.39, 0.29) is 4.99 Å². The summed E-state index contributed by atoms with van der Waals surface area (Å²) in [4.78, 5) is 19.1. The first-order valence-corrected chi connectivity index (χ1v) is 10.5. The van der Waals surface area contributed by atoms with Crippen LogP contribution >= 0.6 is 0 Å². The van der Waals surface area contributed by atoms with Gasteiger partial charge in [-0.3, -0.25) is 9.47 Å². The van der Waals surface area contributed by atoms with E-state index in [1.54, 1.807) is 12.3 Å². The van der Waals surface area contributed by atoms with E-state index < -0.39 is 10.3 Å². The number of H-pyrrole nitrogens is 1. The van der Waals surface area contributed by atoms with Crippen LogP contribution in [-0.2, 0) is 16.8 Å². The summed E-state index contributed by atoms with van der Waals surface area (Å²) in [5.74, 6) is 1.10. The molecule has 0 unspecified atom stereocenters. The third kappa shape index (κ3) is 3.31. The Morgan fingerprint density at radius 1 is 1.03 bits per heavy atom. The Kier molecular flexibility index (Phi) is 4.58. The average Bonchev–Trinajstić information content (AvgIpc) is 3.30. The largest absolute Gasteiger partial charge is 0.340 e. The predicted molar refractivity (Wildman–Crippen MR) is 110 cm³/mol. The Morgan fingerprint density at radius 3 is 2.62 bits per heavy atom. The minimum Gasteiger partial charge on any atom is -0.340 e. The number of fused-ring (bicyclic) bond motifs is 2. The monoisotopic (exact) mass is 409 g/mol. The molecular weight excluding hydrogens is 390 g/mol. The van der Waals surface area contributed by atoms with E-state index in [0.29, 0.717) is 42.4 Å². The zero-order chi connectivity index (χ0) is 19.8. The molecule has 4 heterocycles. The Balaban J connectivity index is 1.66. The second-order valence-corrected chi connectivity index (χ2v) is 7.70. The zero-order valence-electron chi connectivity index (χ0n) is 15.5. The second-order valence-electron chi connectivity index (χ2n) is 6.85. The SMILES string of the molecule is O=S(=O)=C(c1nc2cccnc2n1Cc1nc2ccccc2[nH]1)N1CCNCC1. The lowest BCUT2D eigenvalue weighted by Crippen LogP contribution is -2.47. The van der Waals surface area contributed by atoms with Gasteiger partial charge in [0.1, 0.15) is 11.3 Å². The number of hydrogen-bond acceptors (Lipinski definition) is 6. The number of nitrogens with one attached hydrogen (secondary N) is 2. The summed E-state index contributed by atoms with van der Waals surface area (Å²) in [5, 5.41) is 3.25. The molecule has 0 amide bonds. The molecular formula is C19H19N7O2S. The van der Waals surface area contributed by atoms with Crippen molar-refractivity contribution in [1.29, 1.82) is 0 Å². The average molecular weight is 409 g/mol. The van der Waals surface area contributed by atoms with Gasteiger partial charge in [-0.15, -0.1) is 0 Å². The highest BCUT2D eigenvalue weighted by molar-refractivity contribution is 7.73. The first-order valence-electron chi connectivity index (χ1n) is 9.38. The summed E-state index contributed by atoms with van der Waals surface area (Å²) < 4.78 is 26.3. The maximum atomic E-state index is 12.2. The van der Waals surface area contributed by atoms with E-state index in [1.165, 1.54) is 0 Å². The summed E-state index contributed by atoms with van der Waals surface area (Å²) in [6.45, 7) is 2.99. The molecule has 3 aromatic heterocycles. The van der Waals surface area contributed by atoms with Crippen molar-refractivity contribution in [3.8, 4) is 0 Å². The number of aromatic nitrogens is 5. The highest BCUT2D eigenvalue weighted by atomic mass is 32.2. The quantitative estimate of drug-likeness (QED) is 0.478. The normalized spacial score (nSPS) is 15.2. The highest BCUT2D eigenvalue weighted by Crippen LogP contribution is 2.19. The van der Waals surface area contributed by atoms with Crippen molar-refractivity contribution in [3.63, 3.8) is 0 Å². The Morgan fingerprint density at radius 2 is 1.83 bits per heavy atom. The molecule has 10 heteroatoms. The molecule has 4 aromatic rings. The fraction of sp³-hybridized carbons (Fsp3) is 0.263. The van der Waals surface area contributed by atoms with Gasteiger partial charge in [-0.1, -0.05) is 12.1 Å². The van der Waals surface area contributed by atoms with Crippen molar-refractivity contribution in [3.05, 3.63) is 54.2 Å². The van der Waals surface area contributed by atoms with Gasteiger partial charge in [-0.25, -0.2) is 15.0 Å². The van der Waals surface area contributed by atoms with Crippen molar-refractivity contribution < 1.29 is 8.42 Å². The number of rotatable bonds is 3. The lowest BCUT2D eigenvalue weighted by Gasteiger charge is -2.26. The third-order valence-electron chi connectivity index (χ3n) is 5.00. The maximum Gasteiger partial charge on any atom is 0.236 e. The Labute approximate surface area is 167 Å². The fourth-order valence-electron chi connectivity index (χ4n) is 3.69. The Hall–Kier alpha value is -3.08. The number of pyridine rings is 1. The van der Waals surface area contributed by atoms with Crippen LogP contribution in [0.4, 0.5) is 0 Å². The van der Waals surface area contributed by atoms with Gasteiger partial charge in [-0.2, -0.15) is 8.42 Å². The number of piperazine rings is 1.